The van der Waals surface area contributed by atoms with Crippen LogP contribution < -0.4 is 5.32 Å². The van der Waals surface area contributed by atoms with E-state index in [2.05, 4.69) is 12.2 Å². The summed E-state index contributed by atoms with van der Waals surface area (Å²) in [5.41, 5.74) is 0. The van der Waals surface area contributed by atoms with Gasteiger partial charge >= 0.3 is 0 Å². The molecule has 0 bridgehead atoms. The normalized spacial score (nSPS) is 24.9. The predicted molar refractivity (Wildman–Crippen MR) is 50.1 cm³/mol. The molecular weight excluding hydrogens is 150 g/mol. The Hall–Kier alpha value is -0.370. The van der Waals surface area contributed by atoms with Crippen LogP contribution >= 0.6 is 0 Å². The SMILES string of the molecule is CCCC(=O)C1CCCNCC1. The number of carbonyl (C=O) groups excluding carboxylic acids is 1. The van der Waals surface area contributed by atoms with Gasteiger partial charge < -0.3 is 5.32 Å². The van der Waals surface area contributed by atoms with Crippen LogP contribution in [-0.2, 0) is 4.79 Å². The Balaban J connectivity index is 2.32. The first-order valence-electron chi connectivity index (χ1n) is 5.08. The average Bonchev–Trinajstić information content (AvgIpc) is 2.32. The highest BCUT2D eigenvalue weighted by atomic mass is 16.1. The quantitative estimate of drug-likeness (QED) is 0.697. The third-order valence-electron chi connectivity index (χ3n) is 2.53. The third-order valence-corrected chi connectivity index (χ3v) is 2.53. The molecule has 0 amide bonds. The average molecular weight is 169 g/mol. The van der Waals surface area contributed by atoms with Crippen LogP contribution in [-0.4, -0.2) is 18.9 Å². The van der Waals surface area contributed by atoms with E-state index in [0.29, 0.717) is 11.7 Å². The highest BCUT2D eigenvalue weighted by Gasteiger charge is 2.18. The maximum Gasteiger partial charge on any atom is 0.136 e. The number of ketones is 1. The monoisotopic (exact) mass is 169 g/mol. The highest BCUT2D eigenvalue weighted by molar-refractivity contribution is 5.80. The molecule has 70 valence electrons. The van der Waals surface area contributed by atoms with E-state index >= 15 is 0 Å². The van der Waals surface area contributed by atoms with Gasteiger partial charge in [-0.2, -0.15) is 0 Å². The minimum atomic E-state index is 0.361. The Labute approximate surface area is 74.7 Å². The number of Topliss-reactive ketones (excluding diaryl/α,β-unsaturated/α-hetero) is 1. The molecule has 0 saturated carbocycles. The van der Waals surface area contributed by atoms with Crippen molar-refractivity contribution < 1.29 is 4.79 Å². The van der Waals surface area contributed by atoms with E-state index in [9.17, 15) is 4.79 Å². The summed E-state index contributed by atoms with van der Waals surface area (Å²) < 4.78 is 0. The zero-order valence-corrected chi connectivity index (χ0v) is 7.94. The van der Waals surface area contributed by atoms with Crippen LogP contribution in [0.1, 0.15) is 39.0 Å². The first kappa shape index (κ1) is 9.72. The molecule has 0 radical (unpaired) electrons. The van der Waals surface area contributed by atoms with Crippen LogP contribution in [0.15, 0.2) is 0 Å². The third kappa shape index (κ3) is 2.94. The van der Waals surface area contributed by atoms with E-state index in [1.807, 2.05) is 0 Å². The van der Waals surface area contributed by atoms with E-state index in [0.717, 1.165) is 38.8 Å². The summed E-state index contributed by atoms with van der Waals surface area (Å²) in [5.74, 6) is 0.848. The van der Waals surface area contributed by atoms with Gasteiger partial charge in [0, 0.05) is 12.3 Å². The van der Waals surface area contributed by atoms with Crippen molar-refractivity contribution in [3.05, 3.63) is 0 Å². The lowest BCUT2D eigenvalue weighted by Gasteiger charge is -2.10. The van der Waals surface area contributed by atoms with Crippen molar-refractivity contribution in [1.82, 2.24) is 5.32 Å². The van der Waals surface area contributed by atoms with Crippen molar-refractivity contribution in [2.24, 2.45) is 5.92 Å². The van der Waals surface area contributed by atoms with Gasteiger partial charge in [-0.15, -0.1) is 0 Å². The van der Waals surface area contributed by atoms with Gasteiger partial charge in [0.1, 0.15) is 5.78 Å². The molecule has 1 atom stereocenters. The molecule has 12 heavy (non-hydrogen) atoms. The first-order valence-corrected chi connectivity index (χ1v) is 5.08. The lowest BCUT2D eigenvalue weighted by molar-refractivity contribution is -0.123. The zero-order chi connectivity index (χ0) is 8.81. The van der Waals surface area contributed by atoms with Gasteiger partial charge in [-0.05, 0) is 38.8 Å². The maximum absolute atomic E-state index is 11.5. The standard InChI is InChI=1S/C10H19NO/c1-2-4-10(12)9-5-3-7-11-8-6-9/h9,11H,2-8H2,1H3. The summed E-state index contributed by atoms with van der Waals surface area (Å²) in [6.45, 7) is 4.20. The van der Waals surface area contributed by atoms with E-state index in [4.69, 9.17) is 0 Å². The second kappa shape index (κ2) is 5.31. The molecule has 1 aliphatic heterocycles. The number of rotatable bonds is 3. The Bertz CT molecular complexity index is 137. The molecule has 0 aromatic rings. The van der Waals surface area contributed by atoms with E-state index < -0.39 is 0 Å². The first-order chi connectivity index (χ1) is 5.84. The van der Waals surface area contributed by atoms with Crippen molar-refractivity contribution >= 4 is 5.78 Å². The van der Waals surface area contributed by atoms with Crippen LogP contribution in [0.25, 0.3) is 0 Å². The number of hydrogen-bond acceptors (Lipinski definition) is 2. The van der Waals surface area contributed by atoms with Crippen molar-refractivity contribution in [1.29, 1.82) is 0 Å². The summed E-state index contributed by atoms with van der Waals surface area (Å²) in [6.07, 6.45) is 5.11. The molecule has 1 unspecified atom stereocenters. The molecular formula is C10H19NO. The molecule has 1 fully saturated rings. The minimum Gasteiger partial charge on any atom is -0.317 e. The lowest BCUT2D eigenvalue weighted by atomic mass is 9.93. The van der Waals surface area contributed by atoms with E-state index in [-0.39, 0.29) is 0 Å². The Morgan fingerprint density at radius 3 is 3.00 bits per heavy atom. The predicted octanol–water partition coefficient (Wildman–Crippen LogP) is 1.75. The van der Waals surface area contributed by atoms with Crippen LogP contribution in [0.2, 0.25) is 0 Å². The molecule has 1 N–H and O–H groups in total. The van der Waals surface area contributed by atoms with Gasteiger partial charge in [0.2, 0.25) is 0 Å². The van der Waals surface area contributed by atoms with Gasteiger partial charge in [0.15, 0.2) is 0 Å². The second-order valence-electron chi connectivity index (χ2n) is 3.59. The summed E-state index contributed by atoms with van der Waals surface area (Å²) in [5, 5.41) is 3.32. The molecule has 1 heterocycles. The molecule has 1 saturated heterocycles. The smallest absolute Gasteiger partial charge is 0.136 e. The van der Waals surface area contributed by atoms with Gasteiger partial charge in [0.25, 0.3) is 0 Å². The molecule has 2 nitrogen and oxygen atoms in total. The number of carbonyl (C=O) groups is 1. The van der Waals surface area contributed by atoms with Crippen molar-refractivity contribution in [2.45, 2.75) is 39.0 Å². The summed E-state index contributed by atoms with van der Waals surface area (Å²) in [6, 6.07) is 0. The van der Waals surface area contributed by atoms with Crippen LogP contribution in [0, 0.1) is 5.92 Å². The largest absolute Gasteiger partial charge is 0.317 e. The van der Waals surface area contributed by atoms with Gasteiger partial charge in [-0.25, -0.2) is 0 Å². The van der Waals surface area contributed by atoms with Crippen molar-refractivity contribution in [3.8, 4) is 0 Å². The zero-order valence-electron chi connectivity index (χ0n) is 7.94. The summed E-state index contributed by atoms with van der Waals surface area (Å²) in [7, 11) is 0. The highest BCUT2D eigenvalue weighted by Crippen LogP contribution is 2.16. The van der Waals surface area contributed by atoms with Crippen LogP contribution in [0.4, 0.5) is 0 Å². The fourth-order valence-electron chi connectivity index (χ4n) is 1.79. The Kier molecular flexibility index (Phi) is 4.30. The van der Waals surface area contributed by atoms with E-state index in [1.54, 1.807) is 0 Å². The van der Waals surface area contributed by atoms with Gasteiger partial charge in [0.05, 0.1) is 0 Å². The lowest BCUT2D eigenvalue weighted by Crippen LogP contribution is -2.17. The molecule has 1 rings (SSSR count). The fraction of sp³-hybridized carbons (Fsp3) is 0.900. The molecule has 0 aromatic carbocycles. The molecule has 0 spiro atoms. The van der Waals surface area contributed by atoms with Crippen LogP contribution in [0.5, 0.6) is 0 Å². The van der Waals surface area contributed by atoms with Gasteiger partial charge in [-0.1, -0.05) is 6.92 Å². The van der Waals surface area contributed by atoms with Crippen molar-refractivity contribution in [2.75, 3.05) is 13.1 Å². The maximum atomic E-state index is 11.5. The fourth-order valence-corrected chi connectivity index (χ4v) is 1.79. The van der Waals surface area contributed by atoms with Crippen molar-refractivity contribution in [3.63, 3.8) is 0 Å². The molecule has 0 aliphatic carbocycles. The number of hydrogen-bond donors (Lipinski definition) is 1. The molecule has 0 aromatic heterocycles. The second-order valence-corrected chi connectivity index (χ2v) is 3.59. The molecule has 1 aliphatic rings. The Morgan fingerprint density at radius 1 is 1.42 bits per heavy atom. The van der Waals surface area contributed by atoms with Gasteiger partial charge in [-0.3, -0.25) is 4.79 Å². The summed E-state index contributed by atoms with van der Waals surface area (Å²) in [4.78, 5) is 11.5. The van der Waals surface area contributed by atoms with Crippen LogP contribution in [0.3, 0.4) is 0 Å². The van der Waals surface area contributed by atoms with E-state index in [1.165, 1.54) is 6.42 Å². The number of nitrogens with one attached hydrogen (secondary N) is 1. The minimum absolute atomic E-state index is 0.361. The Morgan fingerprint density at radius 2 is 2.25 bits per heavy atom. The topological polar surface area (TPSA) is 29.1 Å². The molecule has 2 heteroatoms. The summed E-state index contributed by atoms with van der Waals surface area (Å²) >= 11 is 0.